The molecule has 1 amide bonds. The number of sulfonamides is 1. The molecule has 8 nitrogen and oxygen atoms in total. The van der Waals surface area contributed by atoms with Gasteiger partial charge in [0.2, 0.25) is 10.0 Å². The number of esters is 1. The van der Waals surface area contributed by atoms with Crippen LogP contribution in [0.1, 0.15) is 33.2 Å². The van der Waals surface area contributed by atoms with Gasteiger partial charge in [-0.2, -0.15) is 4.31 Å². The number of morpholine rings is 1. The summed E-state index contributed by atoms with van der Waals surface area (Å²) in [6, 6.07) is 5.43. The third kappa shape index (κ3) is 4.79. The van der Waals surface area contributed by atoms with Crippen molar-refractivity contribution >= 4 is 27.6 Å². The van der Waals surface area contributed by atoms with Crippen LogP contribution in [0.5, 0.6) is 0 Å². The van der Waals surface area contributed by atoms with Crippen molar-refractivity contribution in [2.24, 2.45) is 0 Å². The maximum absolute atomic E-state index is 14.2. The lowest BCUT2D eigenvalue weighted by Crippen LogP contribution is -2.41. The van der Waals surface area contributed by atoms with E-state index in [9.17, 15) is 26.8 Å². The molecule has 0 radical (unpaired) electrons. The fourth-order valence-corrected chi connectivity index (χ4v) is 4.99. The van der Waals surface area contributed by atoms with Gasteiger partial charge >= 0.3 is 5.97 Å². The Kier molecular flexibility index (Phi) is 7.22. The highest BCUT2D eigenvalue weighted by Gasteiger charge is 2.29. The number of hydrogen-bond donors (Lipinski definition) is 1. The van der Waals surface area contributed by atoms with E-state index in [0.717, 1.165) is 13.2 Å². The highest BCUT2D eigenvalue weighted by atomic mass is 32.2. The van der Waals surface area contributed by atoms with Gasteiger partial charge in [-0.05, 0) is 30.2 Å². The van der Waals surface area contributed by atoms with Crippen molar-refractivity contribution in [3.05, 3.63) is 58.7 Å². The summed E-state index contributed by atoms with van der Waals surface area (Å²) in [4.78, 5) is 24.4. The zero-order chi connectivity index (χ0) is 23.5. The first-order valence-electron chi connectivity index (χ1n) is 9.78. The molecule has 32 heavy (non-hydrogen) atoms. The number of amides is 1. The van der Waals surface area contributed by atoms with E-state index in [1.807, 2.05) is 0 Å². The molecule has 0 atom stereocenters. The normalized spacial score (nSPS) is 14.8. The minimum atomic E-state index is -3.88. The number of nitrogens with one attached hydrogen (secondary N) is 1. The van der Waals surface area contributed by atoms with Crippen molar-refractivity contribution in [3.8, 4) is 0 Å². The highest BCUT2D eigenvalue weighted by Crippen LogP contribution is 2.25. The fraction of sp³-hybridized carbons (Fsp3) is 0.333. The molecular weight excluding hydrogens is 446 g/mol. The van der Waals surface area contributed by atoms with Crippen LogP contribution in [0, 0.1) is 11.6 Å². The summed E-state index contributed by atoms with van der Waals surface area (Å²) in [5.41, 5.74) is -0.526. The minimum absolute atomic E-state index is 0.0237. The number of rotatable bonds is 6. The van der Waals surface area contributed by atoms with Crippen LogP contribution in [-0.2, 0) is 25.9 Å². The quantitative estimate of drug-likeness (QED) is 0.654. The van der Waals surface area contributed by atoms with Crippen molar-refractivity contribution in [1.82, 2.24) is 4.31 Å². The number of nitrogens with zero attached hydrogens (tertiary/aromatic N) is 1. The van der Waals surface area contributed by atoms with E-state index >= 15 is 0 Å². The number of aryl methyl sites for hydroxylation is 1. The molecule has 2 aromatic carbocycles. The standard InChI is InChI=1S/C21H22F2N2O6S/c1-3-13-4-5-14(10-19(13)32(28,29)25-6-8-31-9-7-25)20(26)24-18-11-15(21(27)30-2)16(22)12-17(18)23/h4-5,10-12H,3,6-9H2,1-2H3,(H,24,26). The van der Waals surface area contributed by atoms with Gasteiger partial charge in [-0.3, -0.25) is 4.79 Å². The summed E-state index contributed by atoms with van der Waals surface area (Å²) in [6.07, 6.45) is 0.413. The van der Waals surface area contributed by atoms with Gasteiger partial charge in [-0.25, -0.2) is 22.0 Å². The first-order valence-corrected chi connectivity index (χ1v) is 11.2. The highest BCUT2D eigenvalue weighted by molar-refractivity contribution is 7.89. The number of ether oxygens (including phenoxy) is 2. The molecule has 0 aromatic heterocycles. The Balaban J connectivity index is 1.95. The molecule has 0 unspecified atom stereocenters. The molecule has 1 aliphatic rings. The summed E-state index contributed by atoms with van der Waals surface area (Å²) >= 11 is 0. The lowest BCUT2D eigenvalue weighted by atomic mass is 10.1. The number of carbonyl (C=O) groups is 2. The molecule has 1 aliphatic heterocycles. The molecule has 1 N–H and O–H groups in total. The third-order valence-corrected chi connectivity index (χ3v) is 6.99. The van der Waals surface area contributed by atoms with Crippen molar-refractivity contribution < 1.29 is 36.3 Å². The molecule has 11 heteroatoms. The van der Waals surface area contributed by atoms with Gasteiger partial charge in [-0.15, -0.1) is 0 Å². The average Bonchev–Trinajstić information content (AvgIpc) is 2.80. The van der Waals surface area contributed by atoms with Crippen LogP contribution in [0.25, 0.3) is 0 Å². The summed E-state index contributed by atoms with van der Waals surface area (Å²) in [7, 11) is -2.84. The molecule has 1 fully saturated rings. The molecule has 0 saturated carbocycles. The molecule has 1 saturated heterocycles. The van der Waals surface area contributed by atoms with Gasteiger partial charge in [0, 0.05) is 24.7 Å². The topological polar surface area (TPSA) is 102 Å². The van der Waals surface area contributed by atoms with Gasteiger partial charge in [0.1, 0.15) is 11.6 Å². The van der Waals surface area contributed by atoms with Crippen LogP contribution < -0.4 is 5.32 Å². The minimum Gasteiger partial charge on any atom is -0.465 e. The number of anilines is 1. The molecule has 3 rings (SSSR count). The second-order valence-corrected chi connectivity index (χ2v) is 8.86. The van der Waals surface area contributed by atoms with Crippen molar-refractivity contribution in [2.45, 2.75) is 18.2 Å². The SMILES string of the molecule is CCc1ccc(C(=O)Nc2cc(C(=O)OC)c(F)cc2F)cc1S(=O)(=O)N1CCOCC1. The Morgan fingerprint density at radius 1 is 1.12 bits per heavy atom. The van der Waals surface area contributed by atoms with Crippen LogP contribution in [0.2, 0.25) is 0 Å². The van der Waals surface area contributed by atoms with E-state index < -0.39 is 44.8 Å². The Hall–Kier alpha value is -2.89. The first kappa shape index (κ1) is 23.8. The van der Waals surface area contributed by atoms with Crippen molar-refractivity contribution in [3.63, 3.8) is 0 Å². The molecular formula is C21H22F2N2O6S. The summed E-state index contributed by atoms with van der Waals surface area (Å²) < 4.78 is 65.2. The second kappa shape index (κ2) is 9.72. The van der Waals surface area contributed by atoms with Gasteiger partial charge in [0.15, 0.2) is 0 Å². The molecule has 0 spiro atoms. The van der Waals surface area contributed by atoms with Gasteiger partial charge in [-0.1, -0.05) is 13.0 Å². The Morgan fingerprint density at radius 2 is 1.81 bits per heavy atom. The number of benzene rings is 2. The Morgan fingerprint density at radius 3 is 2.44 bits per heavy atom. The number of carbonyl (C=O) groups excluding carboxylic acids is 2. The van der Waals surface area contributed by atoms with Gasteiger partial charge in [0.25, 0.3) is 5.91 Å². The fourth-order valence-electron chi connectivity index (χ4n) is 3.26. The molecule has 0 bridgehead atoms. The predicted molar refractivity (Wildman–Crippen MR) is 111 cm³/mol. The molecule has 172 valence electrons. The predicted octanol–water partition coefficient (Wildman–Crippen LogP) is 2.59. The smallest absolute Gasteiger partial charge is 0.340 e. The van der Waals surface area contributed by atoms with E-state index in [0.29, 0.717) is 18.1 Å². The second-order valence-electron chi connectivity index (χ2n) is 6.95. The first-order chi connectivity index (χ1) is 15.2. The number of hydrogen-bond acceptors (Lipinski definition) is 6. The van der Waals surface area contributed by atoms with Crippen LogP contribution in [0.15, 0.2) is 35.2 Å². The summed E-state index contributed by atoms with van der Waals surface area (Å²) in [6.45, 7) is 2.72. The van der Waals surface area contributed by atoms with E-state index in [1.165, 1.54) is 22.5 Å². The van der Waals surface area contributed by atoms with Crippen LogP contribution in [-0.4, -0.2) is 58.0 Å². The van der Waals surface area contributed by atoms with E-state index in [-0.39, 0.29) is 36.8 Å². The number of methoxy groups -OCH3 is 1. The lowest BCUT2D eigenvalue weighted by Gasteiger charge is -2.27. The zero-order valence-corrected chi connectivity index (χ0v) is 18.3. The molecule has 1 heterocycles. The Bertz CT molecular complexity index is 1150. The van der Waals surface area contributed by atoms with E-state index in [2.05, 4.69) is 10.1 Å². The molecule has 0 aliphatic carbocycles. The summed E-state index contributed by atoms with van der Waals surface area (Å²) in [5.74, 6) is -4.11. The maximum atomic E-state index is 14.2. The van der Waals surface area contributed by atoms with Crippen molar-refractivity contribution in [2.75, 3.05) is 38.7 Å². The maximum Gasteiger partial charge on any atom is 0.340 e. The van der Waals surface area contributed by atoms with E-state index in [1.54, 1.807) is 6.92 Å². The van der Waals surface area contributed by atoms with Crippen LogP contribution in [0.4, 0.5) is 14.5 Å². The summed E-state index contributed by atoms with van der Waals surface area (Å²) in [5, 5.41) is 2.25. The largest absolute Gasteiger partial charge is 0.465 e. The Labute approximate surface area is 184 Å². The van der Waals surface area contributed by atoms with E-state index in [4.69, 9.17) is 4.74 Å². The average molecular weight is 468 g/mol. The van der Waals surface area contributed by atoms with Crippen LogP contribution >= 0.6 is 0 Å². The third-order valence-electron chi connectivity index (χ3n) is 5.01. The lowest BCUT2D eigenvalue weighted by molar-refractivity contribution is 0.0595. The van der Waals surface area contributed by atoms with Crippen molar-refractivity contribution in [1.29, 1.82) is 0 Å². The number of halogens is 2. The monoisotopic (exact) mass is 468 g/mol. The zero-order valence-electron chi connectivity index (χ0n) is 17.5. The molecule has 2 aromatic rings. The van der Waals surface area contributed by atoms with Crippen LogP contribution in [0.3, 0.4) is 0 Å². The van der Waals surface area contributed by atoms with Gasteiger partial charge < -0.3 is 14.8 Å². The van der Waals surface area contributed by atoms with Gasteiger partial charge in [0.05, 0.1) is 36.5 Å².